The zero-order valence-electron chi connectivity index (χ0n) is 12.9. The Balaban J connectivity index is 1.99. The number of rotatable bonds is 1. The van der Waals surface area contributed by atoms with Gasteiger partial charge in [0.05, 0.1) is 11.5 Å². The molecule has 5 nitrogen and oxygen atoms in total. The molecular formula is C17H16BrN3O2. The smallest absolute Gasteiger partial charge is 0.270 e. The number of halogens is 1. The summed E-state index contributed by atoms with van der Waals surface area (Å²) in [6.07, 6.45) is 1.20. The summed E-state index contributed by atoms with van der Waals surface area (Å²) in [5.41, 5.74) is 3.45. The molecule has 1 saturated carbocycles. The molecule has 1 aliphatic heterocycles. The van der Waals surface area contributed by atoms with E-state index in [0.29, 0.717) is 24.2 Å². The average molecular weight is 374 g/mol. The topological polar surface area (TPSA) is 67.2 Å². The number of aromatic nitrogens is 2. The van der Waals surface area contributed by atoms with Crippen molar-refractivity contribution >= 4 is 33.2 Å². The van der Waals surface area contributed by atoms with E-state index in [1.54, 1.807) is 11.7 Å². The summed E-state index contributed by atoms with van der Waals surface area (Å²) in [5.74, 6) is 0.270. The van der Waals surface area contributed by atoms with Gasteiger partial charge in [0.15, 0.2) is 5.82 Å². The maximum absolute atomic E-state index is 12.5. The lowest BCUT2D eigenvalue weighted by Gasteiger charge is -2.27. The van der Waals surface area contributed by atoms with Gasteiger partial charge >= 0.3 is 0 Å². The Bertz CT molecular complexity index is 922. The van der Waals surface area contributed by atoms with Gasteiger partial charge in [0, 0.05) is 29.6 Å². The van der Waals surface area contributed by atoms with E-state index in [1.165, 1.54) is 0 Å². The second-order valence-electron chi connectivity index (χ2n) is 6.27. The maximum Gasteiger partial charge on any atom is 0.270 e. The van der Waals surface area contributed by atoms with Gasteiger partial charge in [-0.05, 0) is 30.5 Å². The summed E-state index contributed by atoms with van der Waals surface area (Å²) >= 11 is 3.56. The molecule has 0 bridgehead atoms. The summed E-state index contributed by atoms with van der Waals surface area (Å²) in [6, 6.07) is 6.04. The number of aliphatic imine (C=N–C) groups is 1. The van der Waals surface area contributed by atoms with E-state index in [2.05, 4.69) is 26.0 Å². The monoisotopic (exact) mass is 373 g/mol. The quantitative estimate of drug-likeness (QED) is 0.834. The van der Waals surface area contributed by atoms with Crippen molar-refractivity contribution in [1.29, 1.82) is 0 Å². The number of hydrogen-bond acceptors (Lipinski definition) is 3. The molecule has 0 spiro atoms. The van der Waals surface area contributed by atoms with Crippen LogP contribution in [0.5, 0.6) is 0 Å². The molecule has 0 saturated heterocycles. The highest BCUT2D eigenvalue weighted by Gasteiger charge is 2.44. The number of aromatic amines is 1. The third kappa shape index (κ3) is 2.08. The predicted octanol–water partition coefficient (Wildman–Crippen LogP) is 2.98. The zero-order chi connectivity index (χ0) is 16.3. The number of nitrogens with zero attached hydrogens (tertiary/aromatic N) is 2. The summed E-state index contributed by atoms with van der Waals surface area (Å²) < 4.78 is 2.64. The number of nitrogens with one attached hydrogen (secondary N) is 1. The number of H-pyrrole nitrogens is 1. The molecule has 0 radical (unpaired) electrons. The number of Topliss-reactive ketones (excluding diaryl/α,β-unsaturated/α-hetero) is 1. The van der Waals surface area contributed by atoms with E-state index in [1.807, 2.05) is 25.1 Å². The third-order valence-electron chi connectivity index (χ3n) is 4.85. The summed E-state index contributed by atoms with van der Waals surface area (Å²) in [4.78, 5) is 29.5. The molecule has 1 aliphatic carbocycles. The first-order valence-electron chi connectivity index (χ1n) is 7.62. The van der Waals surface area contributed by atoms with Gasteiger partial charge in [-0.25, -0.2) is 4.99 Å². The van der Waals surface area contributed by atoms with Crippen molar-refractivity contribution in [2.45, 2.75) is 25.7 Å². The largest absolute Gasteiger partial charge is 0.299 e. The van der Waals surface area contributed by atoms with E-state index in [4.69, 9.17) is 0 Å². The molecule has 1 fully saturated rings. The zero-order valence-corrected chi connectivity index (χ0v) is 14.5. The SMILES string of the molecule is Cc1ccc(C2c3c(n(C)[nH]c3=O)N=C3CCC(=O)C32)cc1Br. The highest BCUT2D eigenvalue weighted by Crippen LogP contribution is 2.45. The number of ketones is 1. The summed E-state index contributed by atoms with van der Waals surface area (Å²) in [5, 5.41) is 2.78. The minimum Gasteiger partial charge on any atom is -0.299 e. The lowest BCUT2D eigenvalue weighted by atomic mass is 9.77. The van der Waals surface area contributed by atoms with E-state index in [9.17, 15) is 9.59 Å². The Morgan fingerprint density at radius 1 is 1.26 bits per heavy atom. The third-order valence-corrected chi connectivity index (χ3v) is 5.71. The molecular weight excluding hydrogens is 358 g/mol. The normalized spacial score (nSPS) is 22.7. The van der Waals surface area contributed by atoms with Crippen molar-refractivity contribution in [1.82, 2.24) is 9.78 Å². The van der Waals surface area contributed by atoms with Crippen molar-refractivity contribution in [2.75, 3.05) is 0 Å². The Morgan fingerprint density at radius 3 is 2.78 bits per heavy atom. The highest BCUT2D eigenvalue weighted by molar-refractivity contribution is 9.10. The van der Waals surface area contributed by atoms with Crippen molar-refractivity contribution in [3.05, 3.63) is 49.7 Å². The Labute approximate surface area is 141 Å². The van der Waals surface area contributed by atoms with Gasteiger partial charge in [0.1, 0.15) is 5.78 Å². The Hall–Kier alpha value is -1.95. The number of benzene rings is 1. The number of hydrogen-bond donors (Lipinski definition) is 1. The van der Waals surface area contributed by atoms with Gasteiger partial charge in [-0.15, -0.1) is 0 Å². The van der Waals surface area contributed by atoms with Crippen LogP contribution in [-0.4, -0.2) is 21.3 Å². The van der Waals surface area contributed by atoms with Crippen LogP contribution in [0.1, 0.15) is 35.4 Å². The molecule has 1 aromatic carbocycles. The van der Waals surface area contributed by atoms with Crippen molar-refractivity contribution in [3.63, 3.8) is 0 Å². The van der Waals surface area contributed by atoms with E-state index < -0.39 is 0 Å². The van der Waals surface area contributed by atoms with Crippen LogP contribution in [0.3, 0.4) is 0 Å². The standard InChI is InChI=1S/C17H16BrN3O2/c1-8-3-4-9(7-10(8)18)13-14-11(5-6-12(14)22)19-16-15(13)17(23)20-21(16)2/h3-4,7,13-14H,5-6H2,1-2H3,(H,20,23). The van der Waals surface area contributed by atoms with Crippen LogP contribution in [0.15, 0.2) is 32.5 Å². The number of aryl methyl sites for hydroxylation is 2. The van der Waals surface area contributed by atoms with Crippen LogP contribution in [0.4, 0.5) is 5.82 Å². The first-order valence-corrected chi connectivity index (χ1v) is 8.42. The van der Waals surface area contributed by atoms with Gasteiger partial charge in [0.25, 0.3) is 5.56 Å². The van der Waals surface area contributed by atoms with Crippen molar-refractivity contribution < 1.29 is 4.79 Å². The van der Waals surface area contributed by atoms with E-state index in [0.717, 1.165) is 21.3 Å². The first-order chi connectivity index (χ1) is 11.0. The molecule has 2 heterocycles. The molecule has 2 aromatic rings. The second kappa shape index (κ2) is 5.03. The van der Waals surface area contributed by atoms with E-state index in [-0.39, 0.29) is 23.2 Å². The number of carbonyl (C=O) groups excluding carboxylic acids is 1. The lowest BCUT2D eigenvalue weighted by Crippen LogP contribution is -2.29. The van der Waals surface area contributed by atoms with Crippen molar-refractivity contribution in [3.8, 4) is 0 Å². The molecule has 0 amide bonds. The van der Waals surface area contributed by atoms with Crippen LogP contribution in [-0.2, 0) is 11.8 Å². The number of carbonyl (C=O) groups is 1. The molecule has 4 rings (SSSR count). The molecule has 2 unspecified atom stereocenters. The van der Waals surface area contributed by atoms with E-state index >= 15 is 0 Å². The molecule has 2 atom stereocenters. The van der Waals surface area contributed by atoms with Crippen LogP contribution in [0.2, 0.25) is 0 Å². The fourth-order valence-electron chi connectivity index (χ4n) is 3.68. The molecule has 118 valence electrons. The molecule has 1 N–H and O–H groups in total. The van der Waals surface area contributed by atoms with Crippen LogP contribution in [0, 0.1) is 12.8 Å². The minimum absolute atomic E-state index is 0.160. The molecule has 6 heteroatoms. The fourth-order valence-corrected chi connectivity index (χ4v) is 4.08. The first kappa shape index (κ1) is 14.6. The Kier molecular flexibility index (Phi) is 3.20. The predicted molar refractivity (Wildman–Crippen MR) is 91.6 cm³/mol. The maximum atomic E-state index is 12.5. The number of fused-ring (bicyclic) bond motifs is 2. The summed E-state index contributed by atoms with van der Waals surface area (Å²) in [7, 11) is 1.78. The summed E-state index contributed by atoms with van der Waals surface area (Å²) in [6.45, 7) is 2.02. The van der Waals surface area contributed by atoms with Crippen LogP contribution >= 0.6 is 15.9 Å². The van der Waals surface area contributed by atoms with Gasteiger partial charge in [0.2, 0.25) is 0 Å². The van der Waals surface area contributed by atoms with Gasteiger partial charge in [-0.3, -0.25) is 19.4 Å². The molecule has 23 heavy (non-hydrogen) atoms. The van der Waals surface area contributed by atoms with Gasteiger partial charge in [-0.2, -0.15) is 0 Å². The Morgan fingerprint density at radius 2 is 2.04 bits per heavy atom. The molecule has 1 aromatic heterocycles. The van der Waals surface area contributed by atoms with Gasteiger partial charge < -0.3 is 0 Å². The second-order valence-corrected chi connectivity index (χ2v) is 7.12. The van der Waals surface area contributed by atoms with Crippen LogP contribution in [0.25, 0.3) is 0 Å². The minimum atomic E-state index is -0.305. The van der Waals surface area contributed by atoms with Gasteiger partial charge in [-0.1, -0.05) is 28.1 Å². The van der Waals surface area contributed by atoms with Crippen molar-refractivity contribution in [2.24, 2.45) is 18.0 Å². The lowest BCUT2D eigenvalue weighted by molar-refractivity contribution is -0.120. The average Bonchev–Trinajstić information content (AvgIpc) is 3.02. The van der Waals surface area contributed by atoms with Crippen LogP contribution < -0.4 is 5.56 Å². The fraction of sp³-hybridized carbons (Fsp3) is 0.353. The molecule has 2 aliphatic rings. The highest BCUT2D eigenvalue weighted by atomic mass is 79.9.